The smallest absolute Gasteiger partial charge is 0.0899 e. The van der Waals surface area contributed by atoms with Crippen molar-refractivity contribution >= 4 is 0 Å². The van der Waals surface area contributed by atoms with E-state index in [2.05, 4.69) is 25.1 Å². The fraction of sp³-hybridized carbons (Fsp3) is 0.571. The average molecular weight is 217 g/mol. The van der Waals surface area contributed by atoms with Gasteiger partial charge in [-0.2, -0.15) is 0 Å². The lowest BCUT2D eigenvalue weighted by Gasteiger charge is -2.21. The Kier molecular flexibility index (Phi) is 1.99. The molecular formula is C14H19NO. The topological polar surface area (TPSA) is 46.2 Å². The summed E-state index contributed by atoms with van der Waals surface area (Å²) in [6.45, 7) is 2.09. The Morgan fingerprint density at radius 3 is 2.31 bits per heavy atom. The first-order valence-electron chi connectivity index (χ1n) is 6.16. The zero-order valence-electron chi connectivity index (χ0n) is 9.74. The van der Waals surface area contributed by atoms with Crippen LogP contribution in [0.1, 0.15) is 43.7 Å². The third-order valence-corrected chi connectivity index (χ3v) is 4.36. The minimum absolute atomic E-state index is 0.196. The highest BCUT2D eigenvalue weighted by Gasteiger charge is 2.48. The van der Waals surface area contributed by atoms with Gasteiger partial charge in [0.2, 0.25) is 0 Å². The monoisotopic (exact) mass is 217 g/mol. The van der Waals surface area contributed by atoms with Crippen LogP contribution in [-0.4, -0.2) is 11.1 Å². The molecular weight excluding hydrogens is 198 g/mol. The Labute approximate surface area is 96.5 Å². The molecule has 0 saturated heterocycles. The lowest BCUT2D eigenvalue weighted by atomic mass is 9.87. The summed E-state index contributed by atoms with van der Waals surface area (Å²) in [5.41, 5.74) is 8.15. The molecule has 1 aromatic rings. The fourth-order valence-electron chi connectivity index (χ4n) is 2.67. The molecule has 2 saturated carbocycles. The zero-order valence-corrected chi connectivity index (χ0v) is 9.74. The highest BCUT2D eigenvalue weighted by molar-refractivity contribution is 5.39. The summed E-state index contributed by atoms with van der Waals surface area (Å²) in [5, 5.41) is 10.1. The van der Waals surface area contributed by atoms with Crippen LogP contribution >= 0.6 is 0 Å². The van der Waals surface area contributed by atoms with E-state index in [1.807, 2.05) is 6.07 Å². The molecule has 0 radical (unpaired) electrons. The van der Waals surface area contributed by atoms with Crippen LogP contribution in [0.25, 0.3) is 0 Å². The van der Waals surface area contributed by atoms with Gasteiger partial charge in [0, 0.05) is 11.5 Å². The van der Waals surface area contributed by atoms with Gasteiger partial charge >= 0.3 is 0 Å². The molecule has 2 aliphatic rings. The number of benzene rings is 1. The lowest BCUT2D eigenvalue weighted by Crippen LogP contribution is -2.31. The summed E-state index contributed by atoms with van der Waals surface area (Å²) < 4.78 is 0. The molecule has 3 N–H and O–H groups in total. The van der Waals surface area contributed by atoms with E-state index in [4.69, 9.17) is 5.73 Å². The van der Waals surface area contributed by atoms with Gasteiger partial charge in [0.15, 0.2) is 0 Å². The molecule has 0 aromatic heterocycles. The second-order valence-electron chi connectivity index (χ2n) is 5.56. The second kappa shape index (κ2) is 3.08. The molecule has 2 heteroatoms. The van der Waals surface area contributed by atoms with Crippen molar-refractivity contribution in [2.45, 2.75) is 49.7 Å². The van der Waals surface area contributed by atoms with E-state index in [9.17, 15) is 5.11 Å². The van der Waals surface area contributed by atoms with Crippen LogP contribution in [0.3, 0.4) is 0 Å². The Morgan fingerprint density at radius 2 is 1.81 bits per heavy atom. The summed E-state index contributed by atoms with van der Waals surface area (Å²) in [7, 11) is 0. The number of hydrogen-bond acceptors (Lipinski definition) is 2. The van der Waals surface area contributed by atoms with E-state index in [-0.39, 0.29) is 11.5 Å². The standard InChI is InChI=1S/C14H19NO/c1-10(15)13(5-6-13)11-3-2-4-12(9-11)14(16)7-8-14/h2-4,9-10,16H,5-8,15H2,1H3. The Balaban J connectivity index is 1.97. The molecule has 16 heavy (non-hydrogen) atoms. The number of rotatable bonds is 3. The van der Waals surface area contributed by atoms with Crippen LogP contribution in [0.5, 0.6) is 0 Å². The molecule has 0 spiro atoms. The molecule has 3 rings (SSSR count). The summed E-state index contributed by atoms with van der Waals surface area (Å²) in [4.78, 5) is 0. The Morgan fingerprint density at radius 1 is 1.19 bits per heavy atom. The van der Waals surface area contributed by atoms with E-state index < -0.39 is 5.60 Å². The second-order valence-corrected chi connectivity index (χ2v) is 5.56. The maximum atomic E-state index is 10.1. The van der Waals surface area contributed by atoms with E-state index in [1.165, 1.54) is 18.4 Å². The minimum Gasteiger partial charge on any atom is -0.385 e. The summed E-state index contributed by atoms with van der Waals surface area (Å²) in [6, 6.07) is 8.63. The van der Waals surface area contributed by atoms with E-state index >= 15 is 0 Å². The van der Waals surface area contributed by atoms with Crippen LogP contribution in [0.2, 0.25) is 0 Å². The van der Waals surface area contributed by atoms with Crippen molar-refractivity contribution in [2.75, 3.05) is 0 Å². The summed E-state index contributed by atoms with van der Waals surface area (Å²) in [6.07, 6.45) is 4.18. The molecule has 86 valence electrons. The zero-order chi connectivity index (χ0) is 11.4. The van der Waals surface area contributed by atoms with E-state index in [0.717, 1.165) is 18.4 Å². The number of nitrogens with two attached hydrogens (primary N) is 1. The van der Waals surface area contributed by atoms with Crippen molar-refractivity contribution < 1.29 is 5.11 Å². The first-order valence-corrected chi connectivity index (χ1v) is 6.16. The largest absolute Gasteiger partial charge is 0.385 e. The fourth-order valence-corrected chi connectivity index (χ4v) is 2.67. The van der Waals surface area contributed by atoms with Gasteiger partial charge in [-0.15, -0.1) is 0 Å². The van der Waals surface area contributed by atoms with Gasteiger partial charge in [0.05, 0.1) is 5.60 Å². The molecule has 1 atom stereocenters. The maximum Gasteiger partial charge on any atom is 0.0899 e. The van der Waals surface area contributed by atoms with Gasteiger partial charge in [0.1, 0.15) is 0 Å². The van der Waals surface area contributed by atoms with Gasteiger partial charge in [-0.05, 0) is 43.7 Å². The third-order valence-electron chi connectivity index (χ3n) is 4.36. The van der Waals surface area contributed by atoms with Gasteiger partial charge < -0.3 is 10.8 Å². The maximum absolute atomic E-state index is 10.1. The Bertz CT molecular complexity index is 416. The van der Waals surface area contributed by atoms with Crippen molar-refractivity contribution in [3.8, 4) is 0 Å². The van der Waals surface area contributed by atoms with Crippen molar-refractivity contribution in [3.05, 3.63) is 35.4 Å². The van der Waals surface area contributed by atoms with Gasteiger partial charge in [0.25, 0.3) is 0 Å². The van der Waals surface area contributed by atoms with Crippen molar-refractivity contribution in [1.82, 2.24) is 0 Å². The van der Waals surface area contributed by atoms with Crippen LogP contribution in [0, 0.1) is 0 Å². The molecule has 0 heterocycles. The first-order chi connectivity index (χ1) is 7.57. The van der Waals surface area contributed by atoms with Crippen molar-refractivity contribution in [1.29, 1.82) is 0 Å². The highest BCUT2D eigenvalue weighted by Crippen LogP contribution is 2.52. The molecule has 1 aromatic carbocycles. The third kappa shape index (κ3) is 1.40. The average Bonchev–Trinajstić information content (AvgIpc) is 3.13. The molecule has 2 aliphatic carbocycles. The molecule has 0 bridgehead atoms. The predicted octanol–water partition coefficient (Wildman–Crippen LogP) is 2.05. The van der Waals surface area contributed by atoms with Crippen LogP contribution in [0.4, 0.5) is 0 Å². The van der Waals surface area contributed by atoms with Crippen molar-refractivity contribution in [2.24, 2.45) is 5.73 Å². The van der Waals surface area contributed by atoms with Crippen LogP contribution < -0.4 is 5.73 Å². The lowest BCUT2D eigenvalue weighted by molar-refractivity contribution is 0.151. The Hall–Kier alpha value is -0.860. The van der Waals surface area contributed by atoms with Gasteiger partial charge in [-0.1, -0.05) is 24.3 Å². The normalized spacial score (nSPS) is 26.2. The van der Waals surface area contributed by atoms with Gasteiger partial charge in [-0.3, -0.25) is 0 Å². The van der Waals surface area contributed by atoms with E-state index in [1.54, 1.807) is 0 Å². The van der Waals surface area contributed by atoms with Crippen LogP contribution in [0.15, 0.2) is 24.3 Å². The SMILES string of the molecule is CC(N)C1(c2cccc(C3(O)CC3)c2)CC1. The number of hydrogen-bond donors (Lipinski definition) is 2. The van der Waals surface area contributed by atoms with Gasteiger partial charge in [-0.25, -0.2) is 0 Å². The van der Waals surface area contributed by atoms with E-state index in [0.29, 0.717) is 0 Å². The number of aliphatic hydroxyl groups is 1. The molecule has 2 fully saturated rings. The molecule has 1 unspecified atom stereocenters. The van der Waals surface area contributed by atoms with Crippen molar-refractivity contribution in [3.63, 3.8) is 0 Å². The molecule has 0 aliphatic heterocycles. The highest BCUT2D eigenvalue weighted by atomic mass is 16.3. The quantitative estimate of drug-likeness (QED) is 0.814. The van der Waals surface area contributed by atoms with Crippen LogP contribution in [-0.2, 0) is 11.0 Å². The first kappa shape index (κ1) is 10.3. The molecule has 2 nitrogen and oxygen atoms in total. The summed E-state index contributed by atoms with van der Waals surface area (Å²) >= 11 is 0. The molecule has 0 amide bonds. The minimum atomic E-state index is -0.524. The predicted molar refractivity (Wildman–Crippen MR) is 64.1 cm³/mol. The summed E-state index contributed by atoms with van der Waals surface area (Å²) in [5.74, 6) is 0.